The van der Waals surface area contributed by atoms with Gasteiger partial charge in [0, 0.05) is 38.2 Å². The van der Waals surface area contributed by atoms with E-state index in [-0.39, 0.29) is 135 Å². The fourth-order valence-corrected chi connectivity index (χ4v) is 9.83. The van der Waals surface area contributed by atoms with Crippen LogP contribution in [0.25, 0.3) is 0 Å². The standard InChI is InChI=1S/2C21H26O2.C14H18O2S2.C13H22O5.2C8H16O3.C7H14O2.3C6H12O2.CH4/c2*1-5-16(2)20(22)15-23-19-13-11-18(12-14-19)21(3,4)17-9-7-6-8-10-17;1-11(17)18-10-14(2,3)13(15)16-9-12-7-5-4-6-8-12;1-6-13(4,5)12(16)18-8-10(14)7-17-11(15)9(2)3;2*1-4-8(2,3)7(10)11-6-5-9;1-5-7(2,3)6(8)9-4;3*1-4-6(2,3)5(7)8;/h2*6-14,16H,5,15H2,1-4H3;4-8H,9-10H2,1-3H3;10,14H,2,6-8H2,1,3-5H3;2*9H,4-6H2,1-3H3;5H2,1-4H3;3*4H2,1-3H3,(H,7,8);1H4. The Labute approximate surface area is 839 Å². The van der Waals surface area contributed by atoms with Gasteiger partial charge in [0.1, 0.15) is 63.9 Å². The number of hydrogen-bond donors (Lipinski definition) is 6. The second kappa shape index (κ2) is 70.0. The molecule has 0 fully saturated rings. The highest BCUT2D eigenvalue weighted by atomic mass is 32.2. The summed E-state index contributed by atoms with van der Waals surface area (Å²) in [5, 5.41) is 51.6. The van der Waals surface area contributed by atoms with Crippen molar-refractivity contribution in [1.82, 2.24) is 0 Å². The number of hydrogen-bond acceptors (Lipinski definition) is 24. The van der Waals surface area contributed by atoms with Gasteiger partial charge >= 0.3 is 53.7 Å². The molecule has 0 amide bonds. The molecule has 0 radical (unpaired) electrons. The van der Waals surface area contributed by atoms with Gasteiger partial charge in [-0.1, -0.05) is 245 Å². The van der Waals surface area contributed by atoms with Crippen LogP contribution in [0.3, 0.4) is 0 Å². The molecule has 6 N–H and O–H groups in total. The van der Waals surface area contributed by atoms with Gasteiger partial charge in [0.25, 0.3) is 0 Å². The van der Waals surface area contributed by atoms with Crippen LogP contribution in [0, 0.1) is 55.2 Å². The number of carboxylic acids is 3. The second-order valence-electron chi connectivity index (χ2n) is 39.3. The lowest BCUT2D eigenvalue weighted by atomic mass is 9.78. The van der Waals surface area contributed by atoms with Crippen LogP contribution in [-0.2, 0) is 98.6 Å². The second-order valence-corrected chi connectivity index (χ2v) is 41.4. The van der Waals surface area contributed by atoms with E-state index in [1.165, 1.54) is 48.0 Å². The van der Waals surface area contributed by atoms with Gasteiger partial charge in [0.2, 0.25) is 0 Å². The van der Waals surface area contributed by atoms with Crippen molar-refractivity contribution in [1.29, 1.82) is 0 Å². The predicted molar refractivity (Wildman–Crippen MR) is 560 cm³/mol. The Hall–Kier alpha value is -9.67. The van der Waals surface area contributed by atoms with E-state index < -0.39 is 67.9 Å². The zero-order valence-corrected chi connectivity index (χ0v) is 91.0. The molecule has 0 bridgehead atoms. The number of thiocarbonyl (C=S) groups is 1. The van der Waals surface area contributed by atoms with Crippen molar-refractivity contribution < 1.29 is 121 Å². The Kier molecular flexibility index (Phi) is 70.6. The summed E-state index contributed by atoms with van der Waals surface area (Å²) in [4.78, 5) is 122. The van der Waals surface area contributed by atoms with E-state index in [1.807, 2.05) is 205 Å². The van der Waals surface area contributed by atoms with Gasteiger partial charge in [-0.25, -0.2) is 4.79 Å². The fraction of sp³-hybridized carbons (Fsp3) is 0.604. The molecular formula is C111H178O25S2. The predicted octanol–water partition coefficient (Wildman–Crippen LogP) is 24.0. The molecule has 5 aromatic rings. The molecule has 0 spiro atoms. The van der Waals surface area contributed by atoms with E-state index in [9.17, 15) is 57.8 Å². The minimum Gasteiger partial charge on any atom is -0.486 e. The SMILES string of the molecule is C.C=C(C)C(=O)OCC(O)COC(=O)C(C)(C)CC.CC(=S)SCC(C)(C)C(=O)OCc1ccccc1.CCC(C)(C)C(=O)O.CCC(C)(C)C(=O)O.CCC(C)(C)C(=O)O.CCC(C)(C)C(=O)OC.CCC(C)(C)C(=O)OCCO.CCC(C)(C)C(=O)OCCO.CCC(C)C(=O)COc1ccc(C(C)(C)c2ccccc2)cc1.CCC(C)C(=O)COc1ccc(C(C)(C)c2ccccc2)cc1. The third-order valence-corrected chi connectivity index (χ3v) is 25.4. The normalized spacial score (nSPS) is 11.8. The lowest BCUT2D eigenvalue weighted by Gasteiger charge is -2.26. The van der Waals surface area contributed by atoms with E-state index >= 15 is 0 Å². The number of ether oxygens (including phenoxy) is 8. The largest absolute Gasteiger partial charge is 0.486 e. The Bertz CT molecular complexity index is 4110. The van der Waals surface area contributed by atoms with E-state index in [0.717, 1.165) is 53.4 Å². The Morgan fingerprint density at radius 2 is 0.645 bits per heavy atom. The Morgan fingerprint density at radius 3 is 0.891 bits per heavy atom. The van der Waals surface area contributed by atoms with Gasteiger partial charge in [-0.3, -0.25) is 47.9 Å². The number of ketones is 2. The molecule has 0 aromatic heterocycles. The van der Waals surface area contributed by atoms with Crippen LogP contribution in [0.5, 0.6) is 11.5 Å². The summed E-state index contributed by atoms with van der Waals surface area (Å²) < 4.78 is 41.2. The minimum atomic E-state index is -1.02. The highest BCUT2D eigenvalue weighted by Crippen LogP contribution is 2.35. The molecule has 0 aliphatic carbocycles. The van der Waals surface area contributed by atoms with Crippen molar-refractivity contribution in [3.8, 4) is 11.5 Å². The molecule has 27 heteroatoms. The van der Waals surface area contributed by atoms with Gasteiger partial charge in [-0.05, 0) is 234 Å². The maximum atomic E-state index is 12.0. The summed E-state index contributed by atoms with van der Waals surface area (Å²) in [5.74, 6) is -1.35. The summed E-state index contributed by atoms with van der Waals surface area (Å²) in [6.45, 7) is 65.7. The smallest absolute Gasteiger partial charge is 0.333 e. The van der Waals surface area contributed by atoms with Crippen molar-refractivity contribution in [2.45, 2.75) is 317 Å². The fourth-order valence-electron chi connectivity index (χ4n) is 8.97. The van der Waals surface area contributed by atoms with Crippen LogP contribution in [0.1, 0.15) is 322 Å². The third-order valence-electron chi connectivity index (χ3n) is 23.8. The van der Waals surface area contributed by atoms with E-state index in [4.69, 9.17) is 70.9 Å². The molecular weight excluding hydrogens is 1800 g/mol. The molecule has 0 aliphatic rings. The van der Waals surface area contributed by atoms with Gasteiger partial charge < -0.3 is 68.5 Å². The topological polar surface area (TPSA) is 383 Å². The van der Waals surface area contributed by atoms with Crippen LogP contribution in [0.2, 0.25) is 0 Å². The van der Waals surface area contributed by atoms with Crippen molar-refractivity contribution >= 4 is 93.5 Å². The lowest BCUT2D eigenvalue weighted by molar-refractivity contribution is -0.159. The van der Waals surface area contributed by atoms with Gasteiger partial charge in [-0.15, -0.1) is 11.8 Å². The van der Waals surface area contributed by atoms with Crippen molar-refractivity contribution in [2.75, 3.05) is 65.7 Å². The Balaban J connectivity index is -0.000000360. The number of aliphatic hydroxyl groups excluding tert-OH is 3. The monoisotopic (exact) mass is 1980 g/mol. The summed E-state index contributed by atoms with van der Waals surface area (Å²) >= 11 is 6.52. The number of carbonyl (C=O) groups is 11. The van der Waals surface area contributed by atoms with Crippen LogP contribution in [-0.4, -0.2) is 172 Å². The first-order chi connectivity index (χ1) is 63.1. The number of thioether (sulfide) groups is 1. The first kappa shape index (κ1) is 139. The van der Waals surface area contributed by atoms with Crippen LogP contribution < -0.4 is 9.47 Å². The summed E-state index contributed by atoms with van der Waals surface area (Å²) in [6, 6.07) is 46.7. The zero-order chi connectivity index (χ0) is 107. The molecule has 138 heavy (non-hydrogen) atoms. The quantitative estimate of drug-likeness (QED) is 0.00914. The molecule has 0 saturated carbocycles. The third kappa shape index (κ3) is 58.4. The maximum Gasteiger partial charge on any atom is 0.333 e. The van der Waals surface area contributed by atoms with Gasteiger partial charge in [-0.2, -0.15) is 0 Å². The molecule has 0 saturated heterocycles. The van der Waals surface area contributed by atoms with Crippen molar-refractivity contribution in [2.24, 2.45) is 55.2 Å². The molecule has 3 unspecified atom stereocenters. The van der Waals surface area contributed by atoms with E-state index in [0.29, 0.717) is 38.0 Å². The summed E-state index contributed by atoms with van der Waals surface area (Å²) in [7, 11) is 1.42. The number of rotatable bonds is 42. The van der Waals surface area contributed by atoms with Gasteiger partial charge in [0.15, 0.2) is 11.6 Å². The first-order valence-corrected chi connectivity index (χ1v) is 48.6. The van der Waals surface area contributed by atoms with E-state index in [2.05, 4.69) is 112 Å². The van der Waals surface area contributed by atoms with Crippen molar-refractivity contribution in [3.63, 3.8) is 0 Å². The van der Waals surface area contributed by atoms with Crippen LogP contribution in [0.15, 0.2) is 152 Å². The average molecular weight is 1980 g/mol. The molecule has 5 aromatic carbocycles. The summed E-state index contributed by atoms with van der Waals surface area (Å²) in [6.07, 6.45) is 5.69. The molecule has 0 aliphatic heterocycles. The molecule has 25 nitrogen and oxygen atoms in total. The molecule has 784 valence electrons. The van der Waals surface area contributed by atoms with Gasteiger partial charge in [0.05, 0.1) is 63.6 Å². The van der Waals surface area contributed by atoms with Crippen LogP contribution >= 0.6 is 24.0 Å². The highest BCUT2D eigenvalue weighted by molar-refractivity contribution is 8.23. The number of carbonyl (C=O) groups excluding carboxylic acids is 8. The number of carboxylic acid groups (broad SMARTS) is 3. The van der Waals surface area contributed by atoms with E-state index in [1.54, 1.807) is 55.4 Å². The minimum absolute atomic E-state index is 0. The zero-order valence-electron chi connectivity index (χ0n) is 89.4. The maximum absolute atomic E-state index is 12.0. The molecule has 5 rings (SSSR count). The number of benzene rings is 5. The Morgan fingerprint density at radius 1 is 0.377 bits per heavy atom. The number of methoxy groups -OCH3 is 1. The molecule has 0 heterocycles. The first-order valence-electron chi connectivity index (χ1n) is 47.2. The van der Waals surface area contributed by atoms with Crippen molar-refractivity contribution in [3.05, 3.63) is 179 Å². The number of esters is 6. The number of aliphatic hydroxyl groups is 3. The number of Topliss-reactive ketones (excluding diaryl/α,β-unsaturated/α-hetero) is 2. The number of aliphatic carboxylic acids is 3. The summed E-state index contributed by atoms with van der Waals surface area (Å²) in [5.41, 5.74) is 2.27. The molecule has 3 atom stereocenters. The highest BCUT2D eigenvalue weighted by Gasteiger charge is 2.34. The van der Waals surface area contributed by atoms with Crippen LogP contribution in [0.4, 0.5) is 0 Å². The lowest BCUT2D eigenvalue weighted by Crippen LogP contribution is -2.31. The average Bonchev–Trinajstić information content (AvgIpc) is 0.808.